The molecular weight excluding hydrogens is 2300 g/mol. The van der Waals surface area contributed by atoms with Gasteiger partial charge < -0.3 is 53.5 Å². The summed E-state index contributed by atoms with van der Waals surface area (Å²) in [4.78, 5) is 23.5. The number of rotatable bonds is 16. The van der Waals surface area contributed by atoms with Crippen molar-refractivity contribution in [2.75, 3.05) is 0 Å². The average molecular weight is 2390 g/mol. The van der Waals surface area contributed by atoms with Gasteiger partial charge in [-0.05, 0) is 119 Å². The smallest absolute Gasteiger partial charge is 0.707 e. The number of fused-ring (bicyclic) bond motifs is 3. The molecule has 10 nitrogen and oxygen atoms in total. The Labute approximate surface area is 885 Å². The molecule has 7 heterocycles. The van der Waals surface area contributed by atoms with E-state index in [0.717, 1.165) is 140 Å². The van der Waals surface area contributed by atoms with Crippen molar-refractivity contribution in [1.82, 2.24) is 39.7 Å². The molecule has 0 bridgehead atoms. The van der Waals surface area contributed by atoms with Gasteiger partial charge in [-0.2, -0.15) is 22.9 Å². The molecule has 22 rings (SSSR count). The Bertz CT molecular complexity index is 7820. The van der Waals surface area contributed by atoms with E-state index in [9.17, 15) is 0 Å². The molecule has 13 heteroatoms. The summed E-state index contributed by atoms with van der Waals surface area (Å²) in [6, 6.07) is 159. The summed E-state index contributed by atoms with van der Waals surface area (Å²) in [5, 5.41) is 11.3. The number of pyridine rings is 3. The summed E-state index contributed by atoms with van der Waals surface area (Å²) < 4.78 is 14.5. The van der Waals surface area contributed by atoms with Crippen LogP contribution in [0.1, 0.15) is 69.4 Å². The van der Waals surface area contributed by atoms with Crippen molar-refractivity contribution >= 4 is 21.8 Å². The number of hydrogen-bond acceptors (Lipinski definition) is 6. The number of para-hydroxylation sites is 1. The Hall–Kier alpha value is -16.2. The van der Waals surface area contributed by atoms with Gasteiger partial charge in [0.05, 0.1) is 0 Å². The van der Waals surface area contributed by atoms with Crippen LogP contribution in [0.5, 0.6) is 23.3 Å². The van der Waals surface area contributed by atoms with Gasteiger partial charge in [0.1, 0.15) is 5.82 Å². The standard InChI is InChI=1S/C43H34N2O.C32H20N4.C31H26N2O.3C8H5.3Au/c1-43(2,3)36-27-35(28-37(29-36)46-38-21-13-14-26-44-38)42-39(32-17-9-5-10-18-32)40(41(45-42)34-19-11-6-12-20-34)33-24-22-31(23-25-33)30-15-7-4-8-16-30;1-2-8-22(9-3-1)23-13-15-24(16-14-23)28-21-29(35-34-28)25-17-18-27-26-10-4-5-11-30(26)36(31(27)20-25)32-12-6-7-19-33-32;1-31(2,3)27-17-25(18-28(20-27)34-30-11-7-8-16-32-30)29-19-26(21-33-29)24-14-12-23(13-15-24)22-9-5-4-6-10-22;3*1-2-8-6-4-3-5-7-8;;;/h4-27,29H,1-3H3;1-19,21H;4-17,19-21H,1-3H3;3*3-7H;;;/q3*-2;3*-1;3*+3. The minimum absolute atomic E-state index is 0. The SMILES string of the molecule is CC(C)(C)c1cc(Oc2ccccn2)[c-]c(-c2[n-]c(-c3ccccc3)c(-c3ccc(-c4ccccc4)cc3)c2-c2ccccc2)c1.CC(C)(C)c1cc(Oc2ccccn2)[c-]c(-c2cc(-c3ccc(-c4ccccc4)cc3)c[n-]2)c1.[Au+3].[Au+3].[Au+3].[C-]#Cc1ccccc1.[C-]#Cc1ccccc1.[C-]#Cc1ccccc1.[c-]1c(-c2cc(-c3ccc(-c4ccccc4)cc3)n[n-]2)ccc2c3ccccc3n(-c3ccccn3)c12. The van der Waals surface area contributed by atoms with E-state index < -0.39 is 0 Å². The first-order chi connectivity index (χ1) is 68.5. The van der Waals surface area contributed by atoms with E-state index in [-0.39, 0.29) is 78.0 Å². The summed E-state index contributed by atoms with van der Waals surface area (Å²) in [5.74, 6) is 10.0. The Kier molecular flexibility index (Phi) is 35.6. The molecule has 0 aliphatic rings. The number of hydrogen-bond donors (Lipinski definition) is 0. The zero-order valence-electron chi connectivity index (χ0n) is 79.3. The average Bonchev–Trinajstić information content (AvgIpc) is 1.60. The molecule has 0 atom stereocenters. The van der Waals surface area contributed by atoms with E-state index in [4.69, 9.17) is 38.7 Å². The number of benzene rings is 15. The van der Waals surface area contributed by atoms with Crippen molar-refractivity contribution < 1.29 is 76.6 Å². The minimum Gasteiger partial charge on any atom is -0.707 e. The van der Waals surface area contributed by atoms with Crippen LogP contribution in [0.4, 0.5) is 0 Å². The van der Waals surface area contributed by atoms with E-state index in [0.29, 0.717) is 23.3 Å². The zero-order chi connectivity index (χ0) is 96.4. The van der Waals surface area contributed by atoms with Gasteiger partial charge in [0.15, 0.2) is 0 Å². The molecule has 0 radical (unpaired) electrons. The van der Waals surface area contributed by atoms with Gasteiger partial charge in [-0.3, -0.25) is 17.8 Å². The summed E-state index contributed by atoms with van der Waals surface area (Å²) in [5.41, 5.74) is 29.5. The zero-order valence-corrected chi connectivity index (χ0v) is 85.8. The molecule has 7 aromatic heterocycles. The van der Waals surface area contributed by atoms with Crippen molar-refractivity contribution in [2.45, 2.75) is 52.4 Å². The van der Waals surface area contributed by atoms with Crippen LogP contribution >= 0.6 is 0 Å². The summed E-state index contributed by atoms with van der Waals surface area (Å²) in [6.45, 7) is 13.2. The van der Waals surface area contributed by atoms with Gasteiger partial charge in [-0.15, -0.1) is 106 Å². The third-order valence-corrected chi connectivity index (χ3v) is 23.3. The Balaban J connectivity index is 0.000000151. The quantitative estimate of drug-likeness (QED) is 0.0529. The predicted molar refractivity (Wildman–Crippen MR) is 570 cm³/mol. The van der Waals surface area contributed by atoms with Crippen LogP contribution in [0.15, 0.2) is 468 Å². The second-order valence-electron chi connectivity index (χ2n) is 35.0. The van der Waals surface area contributed by atoms with Crippen molar-refractivity contribution in [3.63, 3.8) is 0 Å². The fourth-order valence-corrected chi connectivity index (χ4v) is 16.0. The van der Waals surface area contributed by atoms with Gasteiger partial charge in [0, 0.05) is 53.4 Å². The number of nitrogens with zero attached hydrogens (tertiary/aromatic N) is 8. The molecule has 700 valence electrons. The molecule has 143 heavy (non-hydrogen) atoms. The summed E-state index contributed by atoms with van der Waals surface area (Å²) in [6.07, 6.45) is 27.3. The van der Waals surface area contributed by atoms with Gasteiger partial charge >= 0.3 is 67.1 Å². The van der Waals surface area contributed by atoms with Gasteiger partial charge in [-0.25, -0.2) is 32.0 Å². The Morgan fingerprint density at radius 1 is 0.301 bits per heavy atom. The maximum Gasteiger partial charge on any atom is 3.00 e. The van der Waals surface area contributed by atoms with E-state index in [1.54, 1.807) is 12.4 Å². The molecule has 0 N–H and O–H groups in total. The predicted octanol–water partition coefficient (Wildman–Crippen LogP) is 31.4. The number of ether oxygens (including phenoxy) is 2. The summed E-state index contributed by atoms with van der Waals surface area (Å²) in [7, 11) is 0. The molecule has 0 saturated carbocycles. The molecule has 0 aliphatic carbocycles. The van der Waals surface area contributed by atoms with Crippen LogP contribution < -0.4 is 24.5 Å². The third kappa shape index (κ3) is 26.5. The number of aromatic nitrogens is 8. The largest absolute Gasteiger partial charge is 3.00 e. The van der Waals surface area contributed by atoms with Crippen LogP contribution in [0.25, 0.3) is 151 Å². The van der Waals surface area contributed by atoms with Crippen molar-refractivity contribution in [2.24, 2.45) is 0 Å². The van der Waals surface area contributed by atoms with Crippen LogP contribution in [0.3, 0.4) is 0 Å². The Morgan fingerprint density at radius 3 is 1.10 bits per heavy atom. The van der Waals surface area contributed by atoms with Crippen molar-refractivity contribution in [3.8, 4) is 170 Å². The molecule has 22 aromatic rings. The summed E-state index contributed by atoms with van der Waals surface area (Å²) >= 11 is 0. The fraction of sp³-hybridized carbons (Fsp3) is 0.0615. The third-order valence-electron chi connectivity index (χ3n) is 23.3. The van der Waals surface area contributed by atoms with Crippen LogP contribution in [0, 0.1) is 55.2 Å². The van der Waals surface area contributed by atoms with Crippen LogP contribution in [-0.2, 0) is 78.0 Å². The van der Waals surface area contributed by atoms with Gasteiger partial charge in [0.2, 0.25) is 11.8 Å². The molecule has 0 saturated heterocycles. The van der Waals surface area contributed by atoms with E-state index in [2.05, 4.69) is 368 Å². The first kappa shape index (κ1) is 103. The maximum absolute atomic E-state index is 6.69. The first-order valence-corrected chi connectivity index (χ1v) is 46.1. The fourth-order valence-electron chi connectivity index (χ4n) is 16.0. The molecule has 0 aliphatic heterocycles. The maximum atomic E-state index is 6.69. The molecule has 15 aromatic carbocycles. The second-order valence-corrected chi connectivity index (χ2v) is 35.0. The molecule has 0 spiro atoms. The van der Waals surface area contributed by atoms with E-state index >= 15 is 0 Å². The normalized spacial score (nSPS) is 10.5. The second kappa shape index (κ2) is 49.6. The van der Waals surface area contributed by atoms with Gasteiger partial charge in [0.25, 0.3) is 0 Å². The van der Waals surface area contributed by atoms with Crippen LogP contribution in [-0.4, -0.2) is 24.6 Å². The van der Waals surface area contributed by atoms with Crippen molar-refractivity contribution in [3.05, 3.63) is 533 Å². The minimum atomic E-state index is -0.135. The van der Waals surface area contributed by atoms with Gasteiger partial charge in [-0.1, -0.05) is 404 Å². The Morgan fingerprint density at radius 2 is 0.671 bits per heavy atom. The topological polar surface area (TPSA) is 117 Å². The van der Waals surface area contributed by atoms with Crippen LogP contribution in [0.2, 0.25) is 0 Å². The molecule has 0 unspecified atom stereocenters. The van der Waals surface area contributed by atoms with Crippen molar-refractivity contribution in [1.29, 1.82) is 0 Å². The molecule has 0 fully saturated rings. The van der Waals surface area contributed by atoms with E-state index in [1.165, 1.54) is 38.8 Å². The molecular formula is C130H95Au3N8O2. The molecule has 0 amide bonds. The van der Waals surface area contributed by atoms with E-state index in [1.807, 2.05) is 194 Å². The monoisotopic (exact) mass is 2390 g/mol. The first-order valence-electron chi connectivity index (χ1n) is 46.1.